The van der Waals surface area contributed by atoms with E-state index in [0.29, 0.717) is 5.02 Å². The van der Waals surface area contributed by atoms with Crippen molar-refractivity contribution in [2.45, 2.75) is 13.0 Å². The fraction of sp³-hybridized carbons (Fsp3) is 0.143. The number of anilines is 1. The first kappa shape index (κ1) is 13.7. The minimum Gasteiger partial charge on any atom is -0.376 e. The van der Waals surface area contributed by atoms with E-state index in [-0.39, 0.29) is 11.3 Å². The van der Waals surface area contributed by atoms with Gasteiger partial charge in [0.1, 0.15) is 17.5 Å². The summed E-state index contributed by atoms with van der Waals surface area (Å²) in [7, 11) is 0. The van der Waals surface area contributed by atoms with Crippen molar-refractivity contribution in [1.29, 1.82) is 0 Å². The topological polar surface area (TPSA) is 12.0 Å². The molecule has 1 unspecified atom stereocenters. The third-order valence-electron chi connectivity index (χ3n) is 2.73. The molecule has 5 heteroatoms. The molecule has 1 nitrogen and oxygen atoms in total. The molecule has 0 saturated heterocycles. The molecule has 100 valence electrons. The highest BCUT2D eigenvalue weighted by atomic mass is 35.5. The molecular formula is C14H11ClF3N. The molecule has 0 heterocycles. The van der Waals surface area contributed by atoms with Gasteiger partial charge in [0.2, 0.25) is 0 Å². The van der Waals surface area contributed by atoms with E-state index in [1.54, 1.807) is 6.92 Å². The molecule has 0 aliphatic rings. The van der Waals surface area contributed by atoms with Gasteiger partial charge in [-0.1, -0.05) is 17.7 Å². The van der Waals surface area contributed by atoms with Crippen LogP contribution in [0.25, 0.3) is 0 Å². The van der Waals surface area contributed by atoms with Crippen molar-refractivity contribution in [3.05, 3.63) is 64.4 Å². The second-order valence-corrected chi connectivity index (χ2v) is 4.56. The highest BCUT2D eigenvalue weighted by Crippen LogP contribution is 2.27. The van der Waals surface area contributed by atoms with Crippen LogP contribution < -0.4 is 5.32 Å². The van der Waals surface area contributed by atoms with E-state index in [2.05, 4.69) is 5.32 Å². The van der Waals surface area contributed by atoms with E-state index in [1.807, 2.05) is 0 Å². The highest BCUT2D eigenvalue weighted by Gasteiger charge is 2.17. The Labute approximate surface area is 114 Å². The van der Waals surface area contributed by atoms with Gasteiger partial charge < -0.3 is 5.32 Å². The van der Waals surface area contributed by atoms with Crippen LogP contribution >= 0.6 is 11.6 Å². The van der Waals surface area contributed by atoms with Crippen molar-refractivity contribution >= 4 is 17.3 Å². The Morgan fingerprint density at radius 1 is 1.00 bits per heavy atom. The molecule has 2 rings (SSSR count). The van der Waals surface area contributed by atoms with Crippen molar-refractivity contribution in [3.63, 3.8) is 0 Å². The zero-order valence-corrected chi connectivity index (χ0v) is 10.8. The molecule has 0 spiro atoms. The number of rotatable bonds is 3. The third kappa shape index (κ3) is 3.01. The monoisotopic (exact) mass is 285 g/mol. The maximum Gasteiger partial charge on any atom is 0.146 e. The van der Waals surface area contributed by atoms with Crippen LogP contribution in [0, 0.1) is 17.5 Å². The minimum absolute atomic E-state index is 0.0997. The lowest BCUT2D eigenvalue weighted by molar-refractivity contribution is 0.542. The number of hydrogen-bond donors (Lipinski definition) is 1. The van der Waals surface area contributed by atoms with Crippen LogP contribution in [0.15, 0.2) is 36.4 Å². The second-order valence-electron chi connectivity index (χ2n) is 4.13. The summed E-state index contributed by atoms with van der Waals surface area (Å²) in [5.74, 6) is -1.89. The lowest BCUT2D eigenvalue weighted by Crippen LogP contribution is -2.11. The fourth-order valence-electron chi connectivity index (χ4n) is 1.84. The predicted octanol–water partition coefficient (Wildman–Crippen LogP) is 4.93. The van der Waals surface area contributed by atoms with Crippen molar-refractivity contribution in [1.82, 2.24) is 0 Å². The average molecular weight is 286 g/mol. The van der Waals surface area contributed by atoms with Crippen molar-refractivity contribution < 1.29 is 13.2 Å². The minimum atomic E-state index is -0.728. The van der Waals surface area contributed by atoms with E-state index in [4.69, 9.17) is 11.6 Å². The zero-order valence-electron chi connectivity index (χ0n) is 10.1. The van der Waals surface area contributed by atoms with Crippen LogP contribution in [-0.4, -0.2) is 0 Å². The number of hydrogen-bond acceptors (Lipinski definition) is 1. The van der Waals surface area contributed by atoms with Crippen molar-refractivity contribution in [2.24, 2.45) is 0 Å². The molecule has 19 heavy (non-hydrogen) atoms. The summed E-state index contributed by atoms with van der Waals surface area (Å²) in [5, 5.41) is 3.05. The van der Waals surface area contributed by atoms with Gasteiger partial charge in [0, 0.05) is 10.6 Å². The molecule has 1 atom stereocenters. The zero-order chi connectivity index (χ0) is 14.0. The van der Waals surface area contributed by atoms with Gasteiger partial charge in [-0.3, -0.25) is 0 Å². The first-order chi connectivity index (χ1) is 8.99. The lowest BCUT2D eigenvalue weighted by Gasteiger charge is -2.17. The molecule has 0 aromatic heterocycles. The summed E-state index contributed by atoms with van der Waals surface area (Å²) < 4.78 is 40.7. The van der Waals surface area contributed by atoms with Gasteiger partial charge in [-0.2, -0.15) is 0 Å². The Bertz CT molecular complexity index is 581. The Kier molecular flexibility index (Phi) is 4.00. The number of benzene rings is 2. The molecule has 2 aromatic carbocycles. The smallest absolute Gasteiger partial charge is 0.146 e. The predicted molar refractivity (Wildman–Crippen MR) is 69.8 cm³/mol. The second kappa shape index (κ2) is 5.53. The average Bonchev–Trinajstić information content (AvgIpc) is 2.33. The molecule has 2 aromatic rings. The molecule has 0 bridgehead atoms. The molecule has 0 saturated carbocycles. The van der Waals surface area contributed by atoms with Crippen LogP contribution in [0.4, 0.5) is 18.9 Å². The van der Waals surface area contributed by atoms with E-state index in [1.165, 1.54) is 24.3 Å². The largest absolute Gasteiger partial charge is 0.376 e. The van der Waals surface area contributed by atoms with Crippen LogP contribution in [0.2, 0.25) is 5.02 Å². The highest BCUT2D eigenvalue weighted by molar-refractivity contribution is 6.30. The van der Waals surface area contributed by atoms with E-state index in [0.717, 1.165) is 12.1 Å². The molecule has 0 fully saturated rings. The number of halogens is 4. The maximum absolute atomic E-state index is 13.6. The van der Waals surface area contributed by atoms with E-state index >= 15 is 0 Å². The van der Waals surface area contributed by atoms with E-state index in [9.17, 15) is 13.2 Å². The van der Waals surface area contributed by atoms with Gasteiger partial charge in [-0.25, -0.2) is 13.2 Å². The molecule has 1 N–H and O–H groups in total. The Balaban J connectivity index is 2.31. The number of nitrogens with one attached hydrogen (secondary N) is 1. The van der Waals surface area contributed by atoms with Gasteiger partial charge >= 0.3 is 0 Å². The normalized spacial score (nSPS) is 12.3. The summed E-state index contributed by atoms with van der Waals surface area (Å²) in [6.07, 6.45) is 0. The van der Waals surface area contributed by atoms with E-state index < -0.39 is 23.5 Å². The molecule has 0 radical (unpaired) electrons. The Morgan fingerprint density at radius 3 is 2.26 bits per heavy atom. The maximum atomic E-state index is 13.6. The third-order valence-corrected chi connectivity index (χ3v) is 2.97. The van der Waals surface area contributed by atoms with Crippen LogP contribution in [0.3, 0.4) is 0 Å². The van der Waals surface area contributed by atoms with Gasteiger partial charge in [-0.15, -0.1) is 0 Å². The quantitative estimate of drug-likeness (QED) is 0.843. The Hall–Kier alpha value is -1.68. The summed E-state index contributed by atoms with van der Waals surface area (Å²) >= 11 is 5.75. The SMILES string of the molecule is CC(Nc1cc(Cl)ccc1F)c1c(F)cccc1F. The summed E-state index contributed by atoms with van der Waals surface area (Å²) in [4.78, 5) is 0. The fourth-order valence-corrected chi connectivity index (χ4v) is 2.01. The summed E-state index contributed by atoms with van der Waals surface area (Å²) in [6.45, 7) is 1.54. The summed E-state index contributed by atoms with van der Waals surface area (Å²) in [5.41, 5.74) is -0.0375. The van der Waals surface area contributed by atoms with Crippen LogP contribution in [-0.2, 0) is 0 Å². The molecule has 0 amide bonds. The van der Waals surface area contributed by atoms with Gasteiger partial charge in [0.05, 0.1) is 11.7 Å². The van der Waals surface area contributed by atoms with Crippen molar-refractivity contribution in [3.8, 4) is 0 Å². The molecule has 0 aliphatic carbocycles. The first-order valence-electron chi connectivity index (χ1n) is 5.64. The molecular weight excluding hydrogens is 275 g/mol. The lowest BCUT2D eigenvalue weighted by atomic mass is 10.1. The summed E-state index contributed by atoms with van der Waals surface area (Å²) in [6, 6.07) is 6.82. The molecule has 0 aliphatic heterocycles. The first-order valence-corrected chi connectivity index (χ1v) is 6.02. The van der Waals surface area contributed by atoms with Gasteiger partial charge in [-0.05, 0) is 37.3 Å². The van der Waals surface area contributed by atoms with Crippen LogP contribution in [0.5, 0.6) is 0 Å². The van der Waals surface area contributed by atoms with Crippen molar-refractivity contribution in [2.75, 3.05) is 5.32 Å². The standard InChI is InChI=1S/C14H11ClF3N/c1-8(14-11(17)3-2-4-12(14)18)19-13-7-9(15)5-6-10(13)16/h2-8,19H,1H3. The van der Waals surface area contributed by atoms with Gasteiger partial charge in [0.25, 0.3) is 0 Å². The van der Waals surface area contributed by atoms with Gasteiger partial charge in [0.15, 0.2) is 0 Å². The Morgan fingerprint density at radius 2 is 1.63 bits per heavy atom. The van der Waals surface area contributed by atoms with Crippen LogP contribution in [0.1, 0.15) is 18.5 Å².